The van der Waals surface area contributed by atoms with Gasteiger partial charge in [-0.2, -0.15) is 9.37 Å². The van der Waals surface area contributed by atoms with Crippen LogP contribution in [0.2, 0.25) is 0 Å². The SMILES string of the molecule is COc1cc(F)c([N+](=O)[O-])cc1-c1ncnc(N)n1. The van der Waals surface area contributed by atoms with Crippen molar-refractivity contribution < 1.29 is 14.1 Å². The van der Waals surface area contributed by atoms with Crippen LogP contribution in [0, 0.1) is 15.9 Å². The highest BCUT2D eigenvalue weighted by atomic mass is 19.1. The van der Waals surface area contributed by atoms with Gasteiger partial charge in [0.2, 0.25) is 11.8 Å². The molecule has 19 heavy (non-hydrogen) atoms. The van der Waals surface area contributed by atoms with Crippen molar-refractivity contribution in [2.24, 2.45) is 0 Å². The van der Waals surface area contributed by atoms with Crippen molar-refractivity contribution in [3.8, 4) is 17.1 Å². The highest BCUT2D eigenvalue weighted by Gasteiger charge is 2.21. The number of nitrogen functional groups attached to an aromatic ring is 1. The zero-order valence-electron chi connectivity index (χ0n) is 9.70. The lowest BCUT2D eigenvalue weighted by Crippen LogP contribution is -2.01. The lowest BCUT2D eigenvalue weighted by molar-refractivity contribution is -0.387. The van der Waals surface area contributed by atoms with E-state index in [4.69, 9.17) is 10.5 Å². The summed E-state index contributed by atoms with van der Waals surface area (Å²) in [6.45, 7) is 0. The van der Waals surface area contributed by atoms with Crippen molar-refractivity contribution in [2.75, 3.05) is 12.8 Å². The van der Waals surface area contributed by atoms with E-state index in [2.05, 4.69) is 15.0 Å². The Hall–Kier alpha value is -2.84. The first-order valence-corrected chi connectivity index (χ1v) is 4.99. The standard InChI is InChI=1S/C10H8FN5O3/c1-19-8-3-6(11)7(16(17)18)2-5(8)9-13-4-14-10(12)15-9/h2-4H,1H3,(H2,12,13,14,15). The molecule has 0 atom stereocenters. The maximum Gasteiger partial charge on any atom is 0.305 e. The molecule has 0 aliphatic carbocycles. The second kappa shape index (κ2) is 4.80. The molecule has 0 unspecified atom stereocenters. The molecule has 2 aromatic rings. The number of halogens is 1. The lowest BCUT2D eigenvalue weighted by atomic mass is 10.1. The topological polar surface area (TPSA) is 117 Å². The van der Waals surface area contributed by atoms with Crippen molar-refractivity contribution in [2.45, 2.75) is 0 Å². The smallest absolute Gasteiger partial charge is 0.305 e. The predicted molar refractivity (Wildman–Crippen MR) is 62.8 cm³/mol. The minimum Gasteiger partial charge on any atom is -0.496 e. The van der Waals surface area contributed by atoms with E-state index in [1.165, 1.54) is 7.11 Å². The van der Waals surface area contributed by atoms with Crippen LogP contribution in [0.25, 0.3) is 11.4 Å². The summed E-state index contributed by atoms with van der Waals surface area (Å²) in [5, 5.41) is 10.7. The van der Waals surface area contributed by atoms with E-state index in [1.54, 1.807) is 0 Å². The van der Waals surface area contributed by atoms with E-state index in [0.717, 1.165) is 18.5 Å². The number of methoxy groups -OCH3 is 1. The van der Waals surface area contributed by atoms with Crippen LogP contribution in [0.1, 0.15) is 0 Å². The Morgan fingerprint density at radius 3 is 2.74 bits per heavy atom. The molecule has 8 nitrogen and oxygen atoms in total. The maximum atomic E-state index is 13.5. The van der Waals surface area contributed by atoms with Crippen molar-refractivity contribution in [1.82, 2.24) is 15.0 Å². The van der Waals surface area contributed by atoms with Gasteiger partial charge < -0.3 is 10.5 Å². The Bertz CT molecular complexity index is 649. The molecule has 1 aromatic carbocycles. The summed E-state index contributed by atoms with van der Waals surface area (Å²) < 4.78 is 18.4. The number of aromatic nitrogens is 3. The van der Waals surface area contributed by atoms with Gasteiger partial charge >= 0.3 is 5.69 Å². The zero-order valence-corrected chi connectivity index (χ0v) is 9.70. The third-order valence-electron chi connectivity index (χ3n) is 2.30. The normalized spacial score (nSPS) is 10.2. The fraction of sp³-hybridized carbons (Fsp3) is 0.100. The van der Waals surface area contributed by atoms with Gasteiger partial charge in [-0.25, -0.2) is 9.97 Å². The van der Waals surface area contributed by atoms with Gasteiger partial charge in [0.05, 0.1) is 17.6 Å². The molecule has 0 saturated carbocycles. The van der Waals surface area contributed by atoms with Gasteiger partial charge in [0.1, 0.15) is 12.1 Å². The summed E-state index contributed by atoms with van der Waals surface area (Å²) in [5.74, 6) is -0.937. The molecular weight excluding hydrogens is 257 g/mol. The Labute approximate surface area is 106 Å². The van der Waals surface area contributed by atoms with Gasteiger partial charge in [-0.15, -0.1) is 0 Å². The Morgan fingerprint density at radius 1 is 1.42 bits per heavy atom. The van der Waals surface area contributed by atoms with Gasteiger partial charge in [-0.3, -0.25) is 10.1 Å². The summed E-state index contributed by atoms with van der Waals surface area (Å²) in [7, 11) is 1.30. The molecule has 0 aliphatic heterocycles. The highest BCUT2D eigenvalue weighted by molar-refractivity contribution is 5.68. The summed E-state index contributed by atoms with van der Waals surface area (Å²) in [6, 6.07) is 1.89. The van der Waals surface area contributed by atoms with Crippen molar-refractivity contribution >= 4 is 11.6 Å². The van der Waals surface area contributed by atoms with Crippen LogP contribution >= 0.6 is 0 Å². The molecule has 0 aliphatic rings. The molecule has 1 heterocycles. The molecule has 0 saturated heterocycles. The van der Waals surface area contributed by atoms with E-state index < -0.39 is 16.4 Å². The van der Waals surface area contributed by atoms with Gasteiger partial charge in [-0.1, -0.05) is 0 Å². The van der Waals surface area contributed by atoms with Gasteiger partial charge in [-0.05, 0) is 0 Å². The summed E-state index contributed by atoms with van der Waals surface area (Å²) in [5.41, 5.74) is 4.86. The molecule has 0 fully saturated rings. The first-order valence-electron chi connectivity index (χ1n) is 4.99. The fourth-order valence-electron chi connectivity index (χ4n) is 1.47. The van der Waals surface area contributed by atoms with Gasteiger partial charge in [0.15, 0.2) is 5.82 Å². The number of rotatable bonds is 3. The molecule has 9 heteroatoms. The van der Waals surface area contributed by atoms with Crippen LogP contribution in [0.4, 0.5) is 16.0 Å². The molecule has 0 radical (unpaired) electrons. The van der Waals surface area contributed by atoms with E-state index in [9.17, 15) is 14.5 Å². The van der Waals surface area contributed by atoms with Gasteiger partial charge in [0.25, 0.3) is 0 Å². The predicted octanol–water partition coefficient (Wildman–Crippen LogP) is 1.18. The van der Waals surface area contributed by atoms with Crippen LogP contribution in [0.3, 0.4) is 0 Å². The van der Waals surface area contributed by atoms with Crippen molar-refractivity contribution in [1.29, 1.82) is 0 Å². The van der Waals surface area contributed by atoms with E-state index in [-0.39, 0.29) is 23.1 Å². The Balaban J connectivity index is 2.67. The first-order chi connectivity index (χ1) is 9.02. The second-order valence-corrected chi connectivity index (χ2v) is 3.43. The third-order valence-corrected chi connectivity index (χ3v) is 2.30. The van der Waals surface area contributed by atoms with Crippen LogP contribution in [-0.2, 0) is 0 Å². The number of ether oxygens (including phenoxy) is 1. The summed E-state index contributed by atoms with van der Waals surface area (Å²) in [4.78, 5) is 21.1. The highest BCUT2D eigenvalue weighted by Crippen LogP contribution is 2.33. The van der Waals surface area contributed by atoms with Crippen molar-refractivity contribution in [3.05, 3.63) is 34.4 Å². The number of hydrogen-bond donors (Lipinski definition) is 1. The quantitative estimate of drug-likeness (QED) is 0.653. The first kappa shape index (κ1) is 12.6. The molecular formula is C10H8FN5O3. The second-order valence-electron chi connectivity index (χ2n) is 3.43. The molecule has 1 aromatic heterocycles. The van der Waals surface area contributed by atoms with E-state index >= 15 is 0 Å². The lowest BCUT2D eigenvalue weighted by Gasteiger charge is -2.07. The summed E-state index contributed by atoms with van der Waals surface area (Å²) in [6.07, 6.45) is 1.15. The van der Waals surface area contributed by atoms with Crippen LogP contribution in [0.5, 0.6) is 5.75 Å². The minimum absolute atomic E-state index is 0.0565. The molecule has 0 spiro atoms. The number of nitro benzene ring substituents is 1. The van der Waals surface area contributed by atoms with Crippen molar-refractivity contribution in [3.63, 3.8) is 0 Å². The number of benzene rings is 1. The van der Waals surface area contributed by atoms with Crippen LogP contribution < -0.4 is 10.5 Å². The van der Waals surface area contributed by atoms with Gasteiger partial charge in [0, 0.05) is 12.1 Å². The number of anilines is 1. The number of hydrogen-bond acceptors (Lipinski definition) is 7. The minimum atomic E-state index is -1.01. The molecule has 2 N–H and O–H groups in total. The average Bonchev–Trinajstić information content (AvgIpc) is 2.37. The average molecular weight is 265 g/mol. The largest absolute Gasteiger partial charge is 0.496 e. The number of nitro groups is 1. The van der Waals surface area contributed by atoms with Crippen LogP contribution in [-0.4, -0.2) is 27.0 Å². The zero-order chi connectivity index (χ0) is 14.0. The fourth-order valence-corrected chi connectivity index (χ4v) is 1.47. The monoisotopic (exact) mass is 265 g/mol. The number of nitrogens with zero attached hydrogens (tertiary/aromatic N) is 4. The maximum absolute atomic E-state index is 13.5. The van der Waals surface area contributed by atoms with Crippen LogP contribution in [0.15, 0.2) is 18.5 Å². The Morgan fingerprint density at radius 2 is 2.16 bits per heavy atom. The molecule has 2 rings (SSSR count). The molecule has 0 bridgehead atoms. The Kier molecular flexibility index (Phi) is 3.19. The third kappa shape index (κ3) is 2.39. The summed E-state index contributed by atoms with van der Waals surface area (Å²) >= 11 is 0. The van der Waals surface area contributed by atoms with E-state index in [1.807, 2.05) is 0 Å². The molecule has 0 amide bonds. The van der Waals surface area contributed by atoms with E-state index in [0.29, 0.717) is 0 Å². The molecule has 98 valence electrons. The number of nitrogens with two attached hydrogens (primary N) is 1.